The average Bonchev–Trinajstić information content (AvgIpc) is 2.29. The van der Waals surface area contributed by atoms with Crippen molar-refractivity contribution >= 4 is 21.6 Å². The molecule has 0 atom stereocenters. The van der Waals surface area contributed by atoms with E-state index in [1.165, 1.54) is 6.07 Å². The van der Waals surface area contributed by atoms with E-state index in [-0.39, 0.29) is 29.1 Å². The highest BCUT2D eigenvalue weighted by molar-refractivity contribution is 7.89. The fourth-order valence-electron chi connectivity index (χ4n) is 1.60. The van der Waals surface area contributed by atoms with E-state index in [0.29, 0.717) is 6.42 Å². The van der Waals surface area contributed by atoms with Gasteiger partial charge in [0.1, 0.15) is 10.7 Å². The van der Waals surface area contributed by atoms with Gasteiger partial charge >= 0.3 is 0 Å². The maximum Gasteiger partial charge on any atom is 0.243 e. The van der Waals surface area contributed by atoms with Gasteiger partial charge in [0.15, 0.2) is 0 Å². The lowest BCUT2D eigenvalue weighted by Gasteiger charge is -2.18. The third-order valence-electron chi connectivity index (χ3n) is 2.76. The molecule has 0 bridgehead atoms. The maximum absolute atomic E-state index is 14.1. The van der Waals surface area contributed by atoms with Gasteiger partial charge in [-0.25, -0.2) is 17.5 Å². The number of rotatable bonds is 5. The van der Waals surface area contributed by atoms with Crippen LogP contribution in [0.25, 0.3) is 0 Å². The molecule has 0 aliphatic carbocycles. The van der Waals surface area contributed by atoms with Crippen molar-refractivity contribution in [3.05, 3.63) is 28.5 Å². The molecule has 20 heavy (non-hydrogen) atoms. The number of benzene rings is 1. The van der Waals surface area contributed by atoms with Gasteiger partial charge < -0.3 is 5.73 Å². The summed E-state index contributed by atoms with van der Waals surface area (Å²) in [6.45, 7) is 6.10. The van der Waals surface area contributed by atoms with Crippen LogP contribution in [0.4, 0.5) is 4.39 Å². The molecule has 1 aromatic rings. The fraction of sp³-hybridized carbons (Fsp3) is 0.538. The molecule has 1 rings (SSSR count). The zero-order chi connectivity index (χ0) is 15.6. The molecular formula is C13H20ClFN2O2S. The van der Waals surface area contributed by atoms with E-state index in [9.17, 15) is 12.8 Å². The molecule has 0 unspecified atom stereocenters. The van der Waals surface area contributed by atoms with Crippen LogP contribution in [-0.2, 0) is 16.6 Å². The Balaban J connectivity index is 3.01. The summed E-state index contributed by atoms with van der Waals surface area (Å²) in [7, 11) is -3.93. The zero-order valence-corrected chi connectivity index (χ0v) is 13.4. The van der Waals surface area contributed by atoms with Crippen molar-refractivity contribution in [3.63, 3.8) is 0 Å². The molecule has 0 aromatic heterocycles. The topological polar surface area (TPSA) is 72.2 Å². The first kappa shape index (κ1) is 17.4. The molecular weight excluding hydrogens is 303 g/mol. The van der Waals surface area contributed by atoms with E-state index in [0.717, 1.165) is 6.07 Å². The molecule has 0 saturated carbocycles. The number of sulfonamides is 1. The van der Waals surface area contributed by atoms with Crippen LogP contribution in [-0.4, -0.2) is 15.0 Å². The minimum Gasteiger partial charge on any atom is -0.326 e. The summed E-state index contributed by atoms with van der Waals surface area (Å²) in [5.41, 5.74) is 5.44. The van der Waals surface area contributed by atoms with Gasteiger partial charge in [-0.1, -0.05) is 32.4 Å². The van der Waals surface area contributed by atoms with Crippen molar-refractivity contribution in [2.75, 3.05) is 6.54 Å². The lowest BCUT2D eigenvalue weighted by Crippen LogP contribution is -2.28. The zero-order valence-electron chi connectivity index (χ0n) is 11.8. The second-order valence-corrected chi connectivity index (χ2v) is 7.96. The van der Waals surface area contributed by atoms with Crippen molar-refractivity contribution in [2.24, 2.45) is 11.1 Å². The largest absolute Gasteiger partial charge is 0.326 e. The Morgan fingerprint density at radius 3 is 2.45 bits per heavy atom. The maximum atomic E-state index is 14.1. The third-order valence-corrected chi connectivity index (χ3v) is 4.43. The highest BCUT2D eigenvalue weighted by Gasteiger charge is 2.22. The fourth-order valence-corrected chi connectivity index (χ4v) is 3.08. The van der Waals surface area contributed by atoms with E-state index in [2.05, 4.69) is 4.72 Å². The summed E-state index contributed by atoms with van der Waals surface area (Å²) in [6, 6.07) is 2.42. The SMILES string of the molecule is CC(C)(C)CCNS(=O)(=O)c1cc(Cl)cc(CN)c1F. The summed E-state index contributed by atoms with van der Waals surface area (Å²) in [5.74, 6) is -0.847. The number of hydrogen-bond acceptors (Lipinski definition) is 3. The summed E-state index contributed by atoms with van der Waals surface area (Å²) >= 11 is 5.80. The van der Waals surface area contributed by atoms with E-state index in [1.807, 2.05) is 20.8 Å². The summed E-state index contributed by atoms with van der Waals surface area (Å²) < 4.78 is 40.7. The quantitative estimate of drug-likeness (QED) is 0.875. The smallest absolute Gasteiger partial charge is 0.243 e. The van der Waals surface area contributed by atoms with Crippen molar-refractivity contribution < 1.29 is 12.8 Å². The minimum absolute atomic E-state index is 0.0161. The number of halogens is 2. The average molecular weight is 323 g/mol. The Kier molecular flexibility index (Phi) is 5.54. The molecule has 1 aromatic carbocycles. The van der Waals surface area contributed by atoms with Gasteiger partial charge in [0.2, 0.25) is 10.0 Å². The van der Waals surface area contributed by atoms with Crippen molar-refractivity contribution in [3.8, 4) is 0 Å². The summed E-state index contributed by atoms with van der Waals surface area (Å²) in [4.78, 5) is -0.459. The first-order valence-corrected chi connectivity index (χ1v) is 8.10. The standard InChI is InChI=1S/C13H20ClFN2O2S/c1-13(2,3)4-5-17-20(18,19)11-7-10(14)6-9(8-16)12(11)15/h6-7,17H,4-5,8,16H2,1-3H3. The van der Waals surface area contributed by atoms with Gasteiger partial charge in [-0.3, -0.25) is 0 Å². The van der Waals surface area contributed by atoms with Crippen LogP contribution in [0.1, 0.15) is 32.8 Å². The highest BCUT2D eigenvalue weighted by atomic mass is 35.5. The number of nitrogens with two attached hydrogens (primary N) is 1. The summed E-state index contributed by atoms with van der Waals surface area (Å²) in [5, 5.41) is 0.142. The Bertz CT molecular complexity index is 583. The third kappa shape index (κ3) is 4.70. The highest BCUT2D eigenvalue weighted by Crippen LogP contribution is 2.24. The van der Waals surface area contributed by atoms with Gasteiger partial charge in [-0.05, 0) is 24.0 Å². The van der Waals surface area contributed by atoms with Crippen LogP contribution in [0, 0.1) is 11.2 Å². The predicted octanol–water partition coefficient (Wildman–Crippen LogP) is 2.65. The molecule has 0 amide bonds. The van der Waals surface area contributed by atoms with Crippen LogP contribution >= 0.6 is 11.6 Å². The molecule has 0 radical (unpaired) electrons. The van der Waals surface area contributed by atoms with E-state index in [4.69, 9.17) is 17.3 Å². The minimum atomic E-state index is -3.93. The van der Waals surface area contributed by atoms with Crippen molar-refractivity contribution in [2.45, 2.75) is 38.6 Å². The van der Waals surface area contributed by atoms with Crippen molar-refractivity contribution in [1.29, 1.82) is 0 Å². The monoisotopic (exact) mass is 322 g/mol. The molecule has 0 aliphatic heterocycles. The van der Waals surface area contributed by atoms with Gasteiger partial charge in [0, 0.05) is 23.7 Å². The lowest BCUT2D eigenvalue weighted by atomic mass is 9.93. The molecule has 114 valence electrons. The Labute approximate surface area is 124 Å². The van der Waals surface area contributed by atoms with Crippen LogP contribution in [0.3, 0.4) is 0 Å². The molecule has 7 heteroatoms. The van der Waals surface area contributed by atoms with Gasteiger partial charge in [-0.2, -0.15) is 0 Å². The van der Waals surface area contributed by atoms with Crippen LogP contribution in [0.2, 0.25) is 5.02 Å². The Morgan fingerprint density at radius 2 is 1.95 bits per heavy atom. The van der Waals surface area contributed by atoms with Crippen LogP contribution in [0.5, 0.6) is 0 Å². The van der Waals surface area contributed by atoms with Gasteiger partial charge in [0.25, 0.3) is 0 Å². The van der Waals surface area contributed by atoms with Gasteiger partial charge in [0.05, 0.1) is 0 Å². The molecule has 0 saturated heterocycles. The van der Waals surface area contributed by atoms with E-state index < -0.39 is 20.7 Å². The lowest BCUT2D eigenvalue weighted by molar-refractivity contribution is 0.378. The molecule has 0 spiro atoms. The first-order valence-electron chi connectivity index (χ1n) is 6.24. The second-order valence-electron chi connectivity index (χ2n) is 5.79. The summed E-state index contributed by atoms with van der Waals surface area (Å²) in [6.07, 6.45) is 0.637. The van der Waals surface area contributed by atoms with Crippen LogP contribution in [0.15, 0.2) is 17.0 Å². The van der Waals surface area contributed by atoms with Gasteiger partial charge in [-0.15, -0.1) is 0 Å². The Morgan fingerprint density at radius 1 is 1.35 bits per heavy atom. The molecule has 0 heterocycles. The normalized spacial score (nSPS) is 12.7. The number of nitrogens with one attached hydrogen (secondary N) is 1. The second kappa shape index (κ2) is 6.39. The molecule has 3 N–H and O–H groups in total. The number of hydrogen-bond donors (Lipinski definition) is 2. The molecule has 0 aliphatic rings. The van der Waals surface area contributed by atoms with Crippen LogP contribution < -0.4 is 10.5 Å². The predicted molar refractivity (Wildman–Crippen MR) is 78.6 cm³/mol. The molecule has 0 fully saturated rings. The Hall–Kier alpha value is -0.690. The molecule has 4 nitrogen and oxygen atoms in total. The van der Waals surface area contributed by atoms with Crippen molar-refractivity contribution in [1.82, 2.24) is 4.72 Å². The van der Waals surface area contributed by atoms with E-state index in [1.54, 1.807) is 0 Å². The van der Waals surface area contributed by atoms with E-state index >= 15 is 0 Å². The first-order chi connectivity index (χ1) is 9.07.